The van der Waals surface area contributed by atoms with Gasteiger partial charge >= 0.3 is 0 Å². The lowest BCUT2D eigenvalue weighted by Crippen LogP contribution is -2.02. The Morgan fingerprint density at radius 2 is 2.00 bits per heavy atom. The van der Waals surface area contributed by atoms with E-state index in [0.29, 0.717) is 6.61 Å². The van der Waals surface area contributed by atoms with Gasteiger partial charge in [0.2, 0.25) is 0 Å². The summed E-state index contributed by atoms with van der Waals surface area (Å²) in [6.07, 6.45) is 0. The number of benzene rings is 1. The predicted molar refractivity (Wildman–Crippen MR) is 59.5 cm³/mol. The number of rotatable bonds is 3. The fraction of sp³-hybridized carbons (Fsp3) is 0.300. The fourth-order valence-electron chi connectivity index (χ4n) is 1.00. The van der Waals surface area contributed by atoms with Crippen LogP contribution in [0.25, 0.3) is 0 Å². The molecule has 13 heavy (non-hydrogen) atoms. The molecule has 0 radical (unpaired) electrons. The quantitative estimate of drug-likeness (QED) is 0.749. The number of thiocarbonyl (C=S) groups is 1. The summed E-state index contributed by atoms with van der Waals surface area (Å²) in [7, 11) is 0. The summed E-state index contributed by atoms with van der Waals surface area (Å²) in [6, 6.07) is 7.73. The fourth-order valence-corrected chi connectivity index (χ4v) is 1.12. The van der Waals surface area contributed by atoms with Crippen molar-refractivity contribution in [1.29, 1.82) is 0 Å². The van der Waals surface area contributed by atoms with Crippen LogP contribution in [0.5, 0.6) is 5.75 Å². The largest absolute Gasteiger partial charge is 0.494 e. The second kappa shape index (κ2) is 4.82. The first kappa shape index (κ1) is 9.99. The third-order valence-electron chi connectivity index (χ3n) is 1.49. The van der Waals surface area contributed by atoms with Crippen molar-refractivity contribution in [2.24, 2.45) is 0 Å². The van der Waals surface area contributed by atoms with Crippen molar-refractivity contribution in [3.8, 4) is 5.75 Å². The van der Waals surface area contributed by atoms with Crippen molar-refractivity contribution in [3.05, 3.63) is 24.3 Å². The Morgan fingerprint density at radius 1 is 1.38 bits per heavy atom. The van der Waals surface area contributed by atoms with E-state index in [9.17, 15) is 0 Å². The molecule has 1 rings (SSSR count). The van der Waals surface area contributed by atoms with Gasteiger partial charge in [0.1, 0.15) is 5.75 Å². The Balaban J connectivity index is 2.64. The average Bonchev–Trinajstić information content (AvgIpc) is 2.08. The highest BCUT2D eigenvalue weighted by atomic mass is 32.1. The third-order valence-corrected chi connectivity index (χ3v) is 1.59. The highest BCUT2D eigenvalue weighted by Gasteiger charge is 1.93. The van der Waals surface area contributed by atoms with Crippen LogP contribution in [0.3, 0.4) is 0 Å². The smallest absolute Gasteiger partial charge is 0.119 e. The van der Waals surface area contributed by atoms with Crippen LogP contribution in [0.1, 0.15) is 13.8 Å². The summed E-state index contributed by atoms with van der Waals surface area (Å²) in [6.45, 7) is 4.51. The minimum atomic E-state index is 0.693. The van der Waals surface area contributed by atoms with E-state index < -0.39 is 0 Å². The number of nitrogens with one attached hydrogen (secondary N) is 1. The zero-order chi connectivity index (χ0) is 9.68. The average molecular weight is 195 g/mol. The van der Waals surface area contributed by atoms with Crippen molar-refractivity contribution in [3.63, 3.8) is 0 Å². The van der Waals surface area contributed by atoms with Crippen LogP contribution in [0.4, 0.5) is 5.69 Å². The van der Waals surface area contributed by atoms with Crippen molar-refractivity contribution >= 4 is 22.9 Å². The van der Waals surface area contributed by atoms with Gasteiger partial charge in [-0.15, -0.1) is 0 Å². The van der Waals surface area contributed by atoms with Gasteiger partial charge in [0.25, 0.3) is 0 Å². The zero-order valence-corrected chi connectivity index (χ0v) is 8.65. The first-order chi connectivity index (χ1) is 6.22. The maximum Gasteiger partial charge on any atom is 0.119 e. The summed E-state index contributed by atoms with van der Waals surface area (Å²) in [5.41, 5.74) is 0.996. The first-order valence-corrected chi connectivity index (χ1v) is 4.63. The molecule has 3 heteroatoms. The summed E-state index contributed by atoms with van der Waals surface area (Å²) < 4.78 is 5.31. The second-order valence-electron chi connectivity index (χ2n) is 2.64. The molecule has 0 atom stereocenters. The van der Waals surface area contributed by atoms with Gasteiger partial charge in [0.05, 0.1) is 11.6 Å². The summed E-state index contributed by atoms with van der Waals surface area (Å²) >= 11 is 4.92. The Labute approximate surface area is 83.9 Å². The molecule has 0 heterocycles. The monoisotopic (exact) mass is 195 g/mol. The Morgan fingerprint density at radius 3 is 2.46 bits per heavy atom. The highest BCUT2D eigenvalue weighted by molar-refractivity contribution is 7.80. The minimum Gasteiger partial charge on any atom is -0.494 e. The van der Waals surface area contributed by atoms with Crippen molar-refractivity contribution in [2.75, 3.05) is 11.9 Å². The lowest BCUT2D eigenvalue weighted by Gasteiger charge is -2.05. The Kier molecular flexibility index (Phi) is 3.71. The van der Waals surface area contributed by atoms with Crippen LogP contribution in [0.2, 0.25) is 0 Å². The molecule has 0 saturated carbocycles. The maximum absolute atomic E-state index is 5.31. The molecule has 0 spiro atoms. The molecule has 70 valence electrons. The molecule has 0 bridgehead atoms. The molecule has 0 aromatic heterocycles. The SMILES string of the molecule is CCOc1ccc(NC(C)=S)cc1. The van der Waals surface area contributed by atoms with Gasteiger partial charge in [-0.2, -0.15) is 0 Å². The van der Waals surface area contributed by atoms with Gasteiger partial charge < -0.3 is 10.1 Å². The second-order valence-corrected chi connectivity index (χ2v) is 3.25. The zero-order valence-electron chi connectivity index (χ0n) is 7.83. The van der Waals surface area contributed by atoms with E-state index >= 15 is 0 Å². The predicted octanol–water partition coefficient (Wildman–Crippen LogP) is 2.84. The summed E-state index contributed by atoms with van der Waals surface area (Å²) in [4.78, 5) is 0.768. The topological polar surface area (TPSA) is 21.3 Å². The van der Waals surface area contributed by atoms with Crippen LogP contribution in [-0.2, 0) is 0 Å². The van der Waals surface area contributed by atoms with E-state index in [1.807, 2.05) is 38.1 Å². The lowest BCUT2D eigenvalue weighted by atomic mass is 10.3. The molecule has 0 aliphatic heterocycles. The van der Waals surface area contributed by atoms with E-state index in [-0.39, 0.29) is 0 Å². The molecule has 0 aliphatic carbocycles. The van der Waals surface area contributed by atoms with Crippen molar-refractivity contribution < 1.29 is 4.74 Å². The van der Waals surface area contributed by atoms with E-state index in [1.54, 1.807) is 0 Å². The number of ether oxygens (including phenoxy) is 1. The normalized spacial score (nSPS) is 9.38. The lowest BCUT2D eigenvalue weighted by molar-refractivity contribution is 0.340. The van der Waals surface area contributed by atoms with Gasteiger partial charge in [-0.1, -0.05) is 12.2 Å². The third kappa shape index (κ3) is 3.42. The standard InChI is InChI=1S/C10H13NOS/c1-3-12-10-6-4-9(5-7-10)11-8(2)13/h4-7H,3H2,1-2H3,(H,11,13). The summed E-state index contributed by atoms with van der Waals surface area (Å²) in [5, 5.41) is 3.05. The van der Waals surface area contributed by atoms with Crippen molar-refractivity contribution in [1.82, 2.24) is 0 Å². The van der Waals surface area contributed by atoms with E-state index in [4.69, 9.17) is 17.0 Å². The Hall–Kier alpha value is -1.09. The molecule has 2 nitrogen and oxygen atoms in total. The van der Waals surface area contributed by atoms with Crippen LogP contribution >= 0.6 is 12.2 Å². The van der Waals surface area contributed by atoms with Crippen LogP contribution in [0, 0.1) is 0 Å². The van der Waals surface area contributed by atoms with Gasteiger partial charge in [0.15, 0.2) is 0 Å². The van der Waals surface area contributed by atoms with Crippen LogP contribution in [-0.4, -0.2) is 11.6 Å². The Bertz CT molecular complexity index is 281. The van der Waals surface area contributed by atoms with Crippen LogP contribution in [0.15, 0.2) is 24.3 Å². The molecular formula is C10H13NOS. The number of anilines is 1. The van der Waals surface area contributed by atoms with Gasteiger partial charge in [-0.25, -0.2) is 0 Å². The maximum atomic E-state index is 5.31. The minimum absolute atomic E-state index is 0.693. The number of hydrogen-bond acceptors (Lipinski definition) is 2. The number of hydrogen-bond donors (Lipinski definition) is 1. The first-order valence-electron chi connectivity index (χ1n) is 4.23. The molecule has 1 aromatic carbocycles. The van der Waals surface area contributed by atoms with E-state index in [1.165, 1.54) is 0 Å². The van der Waals surface area contributed by atoms with Crippen molar-refractivity contribution in [2.45, 2.75) is 13.8 Å². The molecule has 0 amide bonds. The molecule has 0 unspecified atom stereocenters. The van der Waals surface area contributed by atoms with Crippen LogP contribution < -0.4 is 10.1 Å². The summed E-state index contributed by atoms with van der Waals surface area (Å²) in [5.74, 6) is 0.884. The van der Waals surface area contributed by atoms with Gasteiger partial charge in [0, 0.05) is 5.69 Å². The van der Waals surface area contributed by atoms with E-state index in [2.05, 4.69) is 5.32 Å². The highest BCUT2D eigenvalue weighted by Crippen LogP contribution is 2.15. The molecule has 0 aliphatic rings. The molecular weight excluding hydrogens is 182 g/mol. The van der Waals surface area contributed by atoms with Gasteiger partial charge in [-0.3, -0.25) is 0 Å². The molecule has 0 fully saturated rings. The molecule has 1 aromatic rings. The van der Waals surface area contributed by atoms with Gasteiger partial charge in [-0.05, 0) is 38.1 Å². The molecule has 1 N–H and O–H groups in total. The molecule has 0 saturated heterocycles. The van der Waals surface area contributed by atoms with E-state index in [0.717, 1.165) is 16.4 Å².